The van der Waals surface area contributed by atoms with Gasteiger partial charge in [-0.2, -0.15) is 0 Å². The minimum absolute atomic E-state index is 0.0351. The average Bonchev–Trinajstić information content (AvgIpc) is 2.09. The molecule has 0 aromatic carbocycles. The van der Waals surface area contributed by atoms with E-state index in [2.05, 4.69) is 25.6 Å². The molecule has 1 aromatic rings. The van der Waals surface area contributed by atoms with Gasteiger partial charge in [-0.25, -0.2) is 13.1 Å². The zero-order chi connectivity index (χ0) is 9.90. The number of pyridine rings is 1. The van der Waals surface area contributed by atoms with Crippen molar-refractivity contribution in [3.8, 4) is 0 Å². The Labute approximate surface area is 85.6 Å². The molecule has 0 amide bonds. The molecule has 13 heavy (non-hydrogen) atoms. The number of halogens is 1. The quantitative estimate of drug-likeness (QED) is 0.883. The van der Waals surface area contributed by atoms with E-state index < -0.39 is 10.0 Å². The summed E-state index contributed by atoms with van der Waals surface area (Å²) in [5.41, 5.74) is 0.698. The molecule has 1 rings (SSSR count). The van der Waals surface area contributed by atoms with Crippen LogP contribution >= 0.6 is 15.9 Å². The first-order chi connectivity index (χ1) is 6.05. The first-order valence-corrected chi connectivity index (χ1v) is 5.99. The molecule has 1 heterocycles. The molecular weight excluding hydrogens is 256 g/mol. The predicted molar refractivity (Wildman–Crippen MR) is 53.6 cm³/mol. The van der Waals surface area contributed by atoms with Gasteiger partial charge in [-0.05, 0) is 34.6 Å². The van der Waals surface area contributed by atoms with Gasteiger partial charge in [0.05, 0.1) is 5.75 Å². The summed E-state index contributed by atoms with van der Waals surface area (Å²) in [5.74, 6) is -0.0351. The van der Waals surface area contributed by atoms with Crippen LogP contribution in [0.1, 0.15) is 5.56 Å². The standard InChI is InChI=1S/C7H9BrN2O2S/c1-9-13(11,12)5-6-2-3-10-4-7(6)8/h2-4,9H,5H2,1H3. The first-order valence-electron chi connectivity index (χ1n) is 3.55. The van der Waals surface area contributed by atoms with Crippen LogP contribution in [-0.4, -0.2) is 20.4 Å². The van der Waals surface area contributed by atoms with Gasteiger partial charge >= 0.3 is 0 Å². The van der Waals surface area contributed by atoms with Gasteiger partial charge in [0.2, 0.25) is 10.0 Å². The second kappa shape index (κ2) is 4.17. The van der Waals surface area contributed by atoms with Crippen molar-refractivity contribution in [3.63, 3.8) is 0 Å². The Bertz CT molecular complexity index is 391. The number of hydrogen-bond donors (Lipinski definition) is 1. The molecule has 0 unspecified atom stereocenters. The number of hydrogen-bond acceptors (Lipinski definition) is 3. The number of aromatic nitrogens is 1. The van der Waals surface area contributed by atoms with E-state index in [-0.39, 0.29) is 5.75 Å². The van der Waals surface area contributed by atoms with E-state index in [0.717, 1.165) is 0 Å². The Morgan fingerprint density at radius 3 is 2.85 bits per heavy atom. The number of sulfonamides is 1. The maximum absolute atomic E-state index is 11.2. The molecule has 4 nitrogen and oxygen atoms in total. The Morgan fingerprint density at radius 2 is 2.31 bits per heavy atom. The van der Waals surface area contributed by atoms with Crippen LogP contribution in [0.2, 0.25) is 0 Å². The average molecular weight is 265 g/mol. The van der Waals surface area contributed by atoms with Gasteiger partial charge in [0.15, 0.2) is 0 Å². The van der Waals surface area contributed by atoms with Crippen molar-refractivity contribution in [2.75, 3.05) is 7.05 Å². The number of nitrogens with zero attached hydrogens (tertiary/aromatic N) is 1. The summed E-state index contributed by atoms with van der Waals surface area (Å²) in [7, 11) is -1.81. The van der Waals surface area contributed by atoms with E-state index >= 15 is 0 Å². The van der Waals surface area contributed by atoms with Gasteiger partial charge in [-0.15, -0.1) is 0 Å². The molecule has 0 fully saturated rings. The van der Waals surface area contributed by atoms with E-state index in [4.69, 9.17) is 0 Å². The molecule has 0 bridgehead atoms. The monoisotopic (exact) mass is 264 g/mol. The zero-order valence-electron chi connectivity index (χ0n) is 6.99. The summed E-state index contributed by atoms with van der Waals surface area (Å²) in [6.45, 7) is 0. The Kier molecular flexibility index (Phi) is 3.40. The Balaban J connectivity index is 2.93. The zero-order valence-corrected chi connectivity index (χ0v) is 9.39. The van der Waals surface area contributed by atoms with E-state index in [9.17, 15) is 8.42 Å². The van der Waals surface area contributed by atoms with Gasteiger partial charge in [-0.1, -0.05) is 0 Å². The highest BCUT2D eigenvalue weighted by molar-refractivity contribution is 9.10. The molecule has 0 saturated carbocycles. The van der Waals surface area contributed by atoms with Crippen LogP contribution in [0.3, 0.4) is 0 Å². The van der Waals surface area contributed by atoms with Gasteiger partial charge in [0, 0.05) is 16.9 Å². The third-order valence-corrected chi connectivity index (χ3v) is 3.54. The lowest BCUT2D eigenvalue weighted by molar-refractivity contribution is 0.587. The van der Waals surface area contributed by atoms with Crippen molar-refractivity contribution in [2.24, 2.45) is 0 Å². The predicted octanol–water partition coefficient (Wildman–Crippen LogP) is 0.893. The summed E-state index contributed by atoms with van der Waals surface area (Å²) >= 11 is 3.22. The number of nitrogens with one attached hydrogen (secondary N) is 1. The van der Waals surface area contributed by atoms with Crippen LogP contribution in [-0.2, 0) is 15.8 Å². The molecule has 0 spiro atoms. The lowest BCUT2D eigenvalue weighted by atomic mass is 10.3. The molecule has 0 saturated heterocycles. The van der Waals surface area contributed by atoms with Gasteiger partial charge in [0.25, 0.3) is 0 Å². The van der Waals surface area contributed by atoms with Crippen molar-refractivity contribution >= 4 is 26.0 Å². The molecule has 1 N–H and O–H groups in total. The summed E-state index contributed by atoms with van der Waals surface area (Å²) < 4.78 is 25.3. The third kappa shape index (κ3) is 3.06. The normalized spacial score (nSPS) is 11.5. The van der Waals surface area contributed by atoms with E-state index in [1.54, 1.807) is 18.5 Å². The Hall–Kier alpha value is -0.460. The maximum atomic E-state index is 11.2. The van der Waals surface area contributed by atoms with Crippen LogP contribution < -0.4 is 4.72 Å². The van der Waals surface area contributed by atoms with E-state index in [1.165, 1.54) is 7.05 Å². The van der Waals surface area contributed by atoms with Gasteiger partial charge in [-0.3, -0.25) is 4.98 Å². The van der Waals surface area contributed by atoms with Gasteiger partial charge in [0.1, 0.15) is 0 Å². The molecule has 1 aromatic heterocycles. The molecule has 0 radical (unpaired) electrons. The summed E-state index contributed by atoms with van der Waals surface area (Å²) in [4.78, 5) is 3.84. The molecule has 0 aliphatic heterocycles. The minimum Gasteiger partial charge on any atom is -0.264 e. The lowest BCUT2D eigenvalue weighted by Crippen LogP contribution is -2.20. The van der Waals surface area contributed by atoms with Crippen molar-refractivity contribution < 1.29 is 8.42 Å². The first kappa shape index (κ1) is 10.6. The fourth-order valence-electron chi connectivity index (χ4n) is 0.798. The van der Waals surface area contributed by atoms with Crippen molar-refractivity contribution in [1.82, 2.24) is 9.71 Å². The molecular formula is C7H9BrN2O2S. The lowest BCUT2D eigenvalue weighted by Gasteiger charge is -2.03. The second-order valence-electron chi connectivity index (χ2n) is 2.43. The van der Waals surface area contributed by atoms with Crippen LogP contribution in [0.25, 0.3) is 0 Å². The SMILES string of the molecule is CNS(=O)(=O)Cc1ccncc1Br. The highest BCUT2D eigenvalue weighted by Crippen LogP contribution is 2.16. The highest BCUT2D eigenvalue weighted by Gasteiger charge is 2.10. The van der Waals surface area contributed by atoms with Crippen molar-refractivity contribution in [1.29, 1.82) is 0 Å². The fraction of sp³-hybridized carbons (Fsp3) is 0.286. The largest absolute Gasteiger partial charge is 0.264 e. The van der Waals surface area contributed by atoms with Crippen LogP contribution in [0.15, 0.2) is 22.9 Å². The Morgan fingerprint density at radius 1 is 1.62 bits per heavy atom. The number of rotatable bonds is 3. The molecule has 72 valence electrons. The second-order valence-corrected chi connectivity index (χ2v) is 5.21. The highest BCUT2D eigenvalue weighted by atomic mass is 79.9. The topological polar surface area (TPSA) is 59.1 Å². The van der Waals surface area contributed by atoms with Gasteiger partial charge < -0.3 is 0 Å². The maximum Gasteiger partial charge on any atom is 0.215 e. The van der Waals surface area contributed by atoms with Crippen molar-refractivity contribution in [3.05, 3.63) is 28.5 Å². The minimum atomic E-state index is -3.20. The van der Waals surface area contributed by atoms with Crippen LogP contribution in [0.4, 0.5) is 0 Å². The summed E-state index contributed by atoms with van der Waals surface area (Å²) in [5, 5.41) is 0. The summed E-state index contributed by atoms with van der Waals surface area (Å²) in [6, 6.07) is 1.67. The molecule has 0 atom stereocenters. The third-order valence-electron chi connectivity index (χ3n) is 1.51. The van der Waals surface area contributed by atoms with E-state index in [0.29, 0.717) is 10.0 Å². The van der Waals surface area contributed by atoms with Crippen molar-refractivity contribution in [2.45, 2.75) is 5.75 Å². The molecule has 0 aliphatic carbocycles. The molecule has 6 heteroatoms. The van der Waals surface area contributed by atoms with E-state index in [1.807, 2.05) is 0 Å². The fourth-order valence-corrected chi connectivity index (χ4v) is 2.18. The van der Waals surface area contributed by atoms with Crippen LogP contribution in [0.5, 0.6) is 0 Å². The molecule has 0 aliphatic rings. The summed E-state index contributed by atoms with van der Waals surface area (Å²) in [6.07, 6.45) is 3.13. The smallest absolute Gasteiger partial charge is 0.215 e. The van der Waals surface area contributed by atoms with Crippen LogP contribution in [0, 0.1) is 0 Å².